The number of nitriles is 1. The number of carbonyl (C=O) groups is 6. The highest BCUT2D eigenvalue weighted by atomic mass is 35.5. The monoisotopic (exact) mass is 967 g/mol. The van der Waals surface area contributed by atoms with E-state index in [1.54, 1.807) is 57.3 Å². The van der Waals surface area contributed by atoms with Crippen LogP contribution in [0.2, 0.25) is 5.02 Å². The molecule has 2 heterocycles. The lowest BCUT2D eigenvalue weighted by Gasteiger charge is -2.38. The fourth-order valence-corrected chi connectivity index (χ4v) is 8.41. The van der Waals surface area contributed by atoms with Gasteiger partial charge in [-0.15, -0.1) is 11.3 Å². The van der Waals surface area contributed by atoms with Gasteiger partial charge in [-0.05, 0) is 79.6 Å². The summed E-state index contributed by atoms with van der Waals surface area (Å²) in [4.78, 5) is 86.3. The minimum Gasteiger partial charge on any atom is -0.451 e. The van der Waals surface area contributed by atoms with Crippen LogP contribution in [0, 0.1) is 23.2 Å². The predicted octanol–water partition coefficient (Wildman–Crippen LogP) is 5.07. The number of benzene rings is 1. The van der Waals surface area contributed by atoms with Crippen LogP contribution in [-0.2, 0) is 39.9 Å². The molecule has 1 saturated heterocycles. The van der Waals surface area contributed by atoms with Crippen molar-refractivity contribution in [2.75, 3.05) is 21.1 Å². The van der Waals surface area contributed by atoms with Crippen molar-refractivity contribution in [2.45, 2.75) is 140 Å². The largest absolute Gasteiger partial charge is 0.451 e. The number of halogens is 7. The zero-order valence-corrected chi connectivity index (χ0v) is 38.8. The summed E-state index contributed by atoms with van der Waals surface area (Å²) in [6.07, 6.45) is -20.1. The van der Waals surface area contributed by atoms with Crippen molar-refractivity contribution < 1.29 is 65.0 Å². The summed E-state index contributed by atoms with van der Waals surface area (Å²) < 4.78 is 91.3. The zero-order valence-electron chi connectivity index (χ0n) is 37.2. The Morgan fingerprint density at radius 3 is 1.97 bits per heavy atom. The van der Waals surface area contributed by atoms with Crippen LogP contribution in [0.5, 0.6) is 0 Å². The molecule has 3 rings (SSSR count). The van der Waals surface area contributed by atoms with E-state index in [4.69, 9.17) is 16.3 Å². The summed E-state index contributed by atoms with van der Waals surface area (Å²) in [5.41, 5.74) is 0.480. The van der Waals surface area contributed by atoms with Gasteiger partial charge in [0.15, 0.2) is 6.10 Å². The normalized spacial score (nSPS) is 25.9. The lowest BCUT2D eigenvalue weighted by molar-refractivity contribution is -0.166. The maximum atomic E-state index is 14.6. The van der Waals surface area contributed by atoms with Gasteiger partial charge >= 0.3 is 18.3 Å². The van der Waals surface area contributed by atoms with Crippen LogP contribution in [0.4, 0.5) is 26.3 Å². The number of nitrogens with zero attached hydrogens (tertiary/aromatic N) is 4. The first-order valence-electron chi connectivity index (χ1n) is 20.8. The van der Waals surface area contributed by atoms with Gasteiger partial charge in [0.2, 0.25) is 23.6 Å². The van der Waals surface area contributed by atoms with Crippen molar-refractivity contribution >= 4 is 68.5 Å². The third-order valence-electron chi connectivity index (χ3n) is 10.9. The first kappa shape index (κ1) is 54.6. The quantitative estimate of drug-likeness (QED) is 0.184. The number of fused-ring (bicyclic) bond motifs is 1. The second-order valence-corrected chi connectivity index (χ2v) is 18.4. The van der Waals surface area contributed by atoms with Crippen LogP contribution < -0.4 is 16.0 Å². The van der Waals surface area contributed by atoms with Crippen molar-refractivity contribution in [1.29, 1.82) is 5.26 Å². The first-order chi connectivity index (χ1) is 30.0. The molecule has 8 atom stereocenters. The Morgan fingerprint density at radius 2 is 1.40 bits per heavy atom. The molecule has 1 unspecified atom stereocenters. The molecule has 1 aliphatic heterocycles. The van der Waals surface area contributed by atoms with Gasteiger partial charge in [-0.3, -0.25) is 28.9 Å². The van der Waals surface area contributed by atoms with Crippen LogP contribution in [-0.4, -0.2) is 137 Å². The molecule has 65 heavy (non-hydrogen) atoms. The molecule has 0 spiro atoms. The number of hydrogen-bond acceptors (Lipinski definition) is 11. The molecule has 0 radical (unpaired) electrons. The Hall–Kier alpha value is -4.72. The van der Waals surface area contributed by atoms with Crippen LogP contribution in [0.25, 0.3) is 10.1 Å². The van der Waals surface area contributed by atoms with E-state index in [0.717, 1.165) is 28.6 Å². The van der Waals surface area contributed by atoms with Gasteiger partial charge in [-0.2, -0.15) is 31.6 Å². The average Bonchev–Trinajstić information content (AvgIpc) is 3.60. The summed E-state index contributed by atoms with van der Waals surface area (Å²) in [6.45, 7) is 7.76. The van der Waals surface area contributed by atoms with E-state index in [1.807, 2.05) is 5.32 Å². The minimum atomic E-state index is -5.13. The molecular weight excluding hydrogens is 912 g/mol. The summed E-state index contributed by atoms with van der Waals surface area (Å²) in [7, 11) is 3.21. The SMILES string of the molecule is CC(C)C[C@@H]1NC(=O)[C@H](Cc2csc3ccc(Cl)cc23)N(C)C(O)[C@H](CC(F)(F)F)NC(=O)[C@H](CC(C)C)N(C)C(=O)[C@H](CC(F)(F)F)NC(=O)[C@@H](CCC#N)OC(=O)[C@H](C)N(C)C1=O. The number of esters is 1. The van der Waals surface area contributed by atoms with Gasteiger partial charge < -0.3 is 35.6 Å². The average molecular weight is 968 g/mol. The topological polar surface area (TPSA) is 201 Å². The number of carbonyl (C=O) groups excluding carboxylic acids is 6. The third kappa shape index (κ3) is 15.7. The van der Waals surface area contributed by atoms with Crippen molar-refractivity contribution in [3.63, 3.8) is 0 Å². The zero-order chi connectivity index (χ0) is 49.3. The molecule has 4 N–H and O–H groups in total. The molecule has 2 aromatic rings. The Labute approximate surface area is 382 Å². The lowest BCUT2D eigenvalue weighted by atomic mass is 9.98. The molecule has 0 aliphatic carbocycles. The number of hydrogen-bond donors (Lipinski definition) is 4. The highest BCUT2D eigenvalue weighted by Crippen LogP contribution is 2.32. The fraction of sp³-hybridized carbons (Fsp3) is 0.643. The van der Waals surface area contributed by atoms with Gasteiger partial charge in [0.1, 0.15) is 30.4 Å². The molecule has 15 nitrogen and oxygen atoms in total. The number of alkyl halides is 6. The number of aliphatic hydroxyl groups excluding tert-OH is 1. The predicted molar refractivity (Wildman–Crippen MR) is 228 cm³/mol. The Balaban J connectivity index is 2.31. The Bertz CT molecular complexity index is 2060. The van der Waals surface area contributed by atoms with Crippen molar-refractivity contribution in [3.8, 4) is 6.07 Å². The van der Waals surface area contributed by atoms with Crippen molar-refractivity contribution in [2.24, 2.45) is 11.8 Å². The van der Waals surface area contributed by atoms with Gasteiger partial charge in [0.05, 0.1) is 31.0 Å². The van der Waals surface area contributed by atoms with E-state index in [2.05, 4.69) is 10.6 Å². The van der Waals surface area contributed by atoms with Crippen LogP contribution in [0.15, 0.2) is 23.6 Å². The number of rotatable bonds is 10. The molecule has 5 amide bonds. The maximum absolute atomic E-state index is 14.6. The van der Waals surface area contributed by atoms with Crippen molar-refractivity contribution in [3.05, 3.63) is 34.2 Å². The fourth-order valence-electron chi connectivity index (χ4n) is 7.29. The van der Waals surface area contributed by atoms with E-state index in [-0.39, 0.29) is 25.2 Å². The van der Waals surface area contributed by atoms with E-state index in [1.165, 1.54) is 25.3 Å². The molecule has 0 saturated carbocycles. The molecule has 1 fully saturated rings. The van der Waals surface area contributed by atoms with E-state index >= 15 is 0 Å². The van der Waals surface area contributed by atoms with E-state index in [9.17, 15) is 65.5 Å². The number of cyclic esters (lactones) is 1. The molecule has 362 valence electrons. The maximum Gasteiger partial charge on any atom is 0.391 e. The summed E-state index contributed by atoms with van der Waals surface area (Å²) in [5.74, 6) is -8.14. The van der Waals surface area contributed by atoms with E-state index in [0.29, 0.717) is 20.9 Å². The number of nitrogens with one attached hydrogen (secondary N) is 3. The number of likely N-dealkylation sites (N-methyl/N-ethyl adjacent to an activating group) is 3. The molecule has 1 aliphatic rings. The van der Waals surface area contributed by atoms with Gasteiger partial charge in [0, 0.05) is 36.7 Å². The summed E-state index contributed by atoms with van der Waals surface area (Å²) in [5, 5.41) is 30.4. The number of thiophene rings is 1. The third-order valence-corrected chi connectivity index (χ3v) is 12.1. The van der Waals surface area contributed by atoms with Crippen LogP contribution in [0.1, 0.15) is 78.7 Å². The smallest absolute Gasteiger partial charge is 0.391 e. The molecular formula is C42H56ClF6N7O8S. The molecule has 1 aromatic heterocycles. The second-order valence-electron chi connectivity index (χ2n) is 17.0. The highest BCUT2D eigenvalue weighted by Gasteiger charge is 2.45. The number of aliphatic hydroxyl groups is 1. The first-order valence-corrected chi connectivity index (χ1v) is 22.0. The molecule has 1 aromatic carbocycles. The van der Waals surface area contributed by atoms with Gasteiger partial charge in [-0.25, -0.2) is 4.79 Å². The summed E-state index contributed by atoms with van der Waals surface area (Å²) >= 11 is 7.56. The Morgan fingerprint density at radius 1 is 0.831 bits per heavy atom. The van der Waals surface area contributed by atoms with Crippen molar-refractivity contribution in [1.82, 2.24) is 30.7 Å². The minimum absolute atomic E-state index is 0.0496. The molecule has 0 bridgehead atoms. The second kappa shape index (κ2) is 23.1. The highest BCUT2D eigenvalue weighted by molar-refractivity contribution is 7.17. The summed E-state index contributed by atoms with van der Waals surface area (Å²) in [6, 6.07) is -4.36. The standard InChI is InChI=1S/C42H56ClF6N7O8S/c1-21(2)14-27-37(60)54(6)23(5)40(63)64-32(10-9-13-50)36(59)53-29(19-42(47,48)49)39(62)55(7)30(15-22(3)4)34(57)52-28(18-41(44,45)46)38(61)56(8)31(35(58)51-27)16-24-20-65-33-12-11-25(43)17-26(24)33/h11-12,17,20-23,27-32,38,61H,9-10,14-16,18-19H2,1-8H3,(H,51,58)(H,52,57)(H,53,59)/t23-,27-,28-,29-,30-,31-,32+,38?/m0/s1. The van der Waals surface area contributed by atoms with Crippen LogP contribution in [0.3, 0.4) is 0 Å². The lowest BCUT2D eigenvalue weighted by Crippen LogP contribution is -2.62. The number of amides is 5. The van der Waals surface area contributed by atoms with Gasteiger partial charge in [0.25, 0.3) is 5.91 Å². The van der Waals surface area contributed by atoms with E-state index < -0.39 is 128 Å². The van der Waals surface area contributed by atoms with Gasteiger partial charge in [-0.1, -0.05) is 39.3 Å². The Kier molecular flexibility index (Phi) is 19.4. The molecule has 23 heteroatoms. The van der Waals surface area contributed by atoms with Crippen LogP contribution >= 0.6 is 22.9 Å². The number of ether oxygens (including phenoxy) is 1.